The minimum atomic E-state index is -0.0238. The normalized spacial score (nSPS) is 13.5. The lowest BCUT2D eigenvalue weighted by atomic mass is 9.81. The smallest absolute Gasteiger partial charge is 0.0159 e. The molecular weight excluding hydrogens is 565 g/mol. The Bertz CT molecular complexity index is 2700. The van der Waals surface area contributed by atoms with Crippen LogP contribution in [-0.2, 0) is 5.41 Å². The van der Waals surface area contributed by atoms with Gasteiger partial charge in [0.05, 0.1) is 0 Å². The molecule has 0 N–H and O–H groups in total. The molecule has 9 aromatic rings. The van der Waals surface area contributed by atoms with Crippen LogP contribution in [0, 0.1) is 0 Å². The largest absolute Gasteiger partial charge is 0.0616 e. The van der Waals surface area contributed by atoms with Gasteiger partial charge in [-0.25, -0.2) is 0 Å². The summed E-state index contributed by atoms with van der Waals surface area (Å²) < 4.78 is 0. The van der Waals surface area contributed by atoms with E-state index in [1.54, 1.807) is 0 Å². The van der Waals surface area contributed by atoms with Gasteiger partial charge in [-0.2, -0.15) is 0 Å². The van der Waals surface area contributed by atoms with Gasteiger partial charge in [-0.15, -0.1) is 0 Å². The molecule has 9 aromatic carbocycles. The Balaban J connectivity index is 1.28. The lowest BCUT2D eigenvalue weighted by Gasteiger charge is -2.21. The molecule has 0 nitrogen and oxygen atoms in total. The zero-order valence-electron chi connectivity index (χ0n) is 26.5. The highest BCUT2D eigenvalue weighted by Gasteiger charge is 2.34. The average Bonchev–Trinajstić information content (AvgIpc) is 3.36. The second-order valence-electron chi connectivity index (χ2n) is 13.7. The monoisotopic (exact) mass is 596 g/mol. The predicted octanol–water partition coefficient (Wildman–Crippen LogP) is 13.1. The fourth-order valence-corrected chi connectivity index (χ4v) is 8.60. The molecule has 0 aliphatic heterocycles. The van der Waals surface area contributed by atoms with E-state index in [9.17, 15) is 0 Å². The van der Waals surface area contributed by atoms with Crippen molar-refractivity contribution >= 4 is 53.9 Å². The molecule has 0 radical (unpaired) electrons. The van der Waals surface area contributed by atoms with Crippen LogP contribution in [0.4, 0.5) is 0 Å². The molecule has 0 aromatic heterocycles. The van der Waals surface area contributed by atoms with E-state index in [1.165, 1.54) is 98.4 Å². The van der Waals surface area contributed by atoms with Gasteiger partial charge < -0.3 is 0 Å². The number of rotatable bonds is 3. The molecule has 47 heavy (non-hydrogen) atoms. The van der Waals surface area contributed by atoms with Crippen molar-refractivity contribution in [2.75, 3.05) is 0 Å². The van der Waals surface area contributed by atoms with Crippen molar-refractivity contribution in [1.82, 2.24) is 0 Å². The van der Waals surface area contributed by atoms with Gasteiger partial charge in [0.1, 0.15) is 0 Å². The van der Waals surface area contributed by atoms with Crippen LogP contribution in [0.2, 0.25) is 0 Å². The van der Waals surface area contributed by atoms with Crippen LogP contribution in [-0.4, -0.2) is 0 Å². The van der Waals surface area contributed by atoms with E-state index in [0.29, 0.717) is 0 Å². The van der Waals surface area contributed by atoms with Crippen molar-refractivity contribution in [3.8, 4) is 33.4 Å². The van der Waals surface area contributed by atoms with Gasteiger partial charge in [0.2, 0.25) is 0 Å². The van der Waals surface area contributed by atoms with Crippen molar-refractivity contribution in [2.45, 2.75) is 19.3 Å². The minimum absolute atomic E-state index is 0.0238. The fraction of sp³-hybridized carbons (Fsp3) is 0.0638. The second-order valence-corrected chi connectivity index (χ2v) is 13.7. The quantitative estimate of drug-likeness (QED) is 0.141. The van der Waals surface area contributed by atoms with Crippen LogP contribution >= 0.6 is 0 Å². The minimum Gasteiger partial charge on any atom is -0.0616 e. The van der Waals surface area contributed by atoms with E-state index in [-0.39, 0.29) is 5.41 Å². The Morgan fingerprint density at radius 1 is 0.340 bits per heavy atom. The third kappa shape index (κ3) is 3.70. The molecule has 10 rings (SSSR count). The molecule has 0 spiro atoms. The van der Waals surface area contributed by atoms with Crippen LogP contribution in [0.25, 0.3) is 87.2 Å². The standard InChI is InChI=1S/C47H32/c1-47(2)41-22-10-16-34-28-40(39-21-11-23-42(47)46(39)44(34)41)45-37-19-7-5-17-35(37)43(36-18-6-8-20-38(36)45)33-15-9-14-31(27-33)32-25-24-29-12-3-4-13-30(29)26-32/h3-28H,1-2H3. The Kier molecular flexibility index (Phi) is 5.44. The van der Waals surface area contributed by atoms with E-state index < -0.39 is 0 Å². The molecular formula is C47H32. The molecule has 0 saturated carbocycles. The van der Waals surface area contributed by atoms with Gasteiger partial charge in [0, 0.05) is 5.41 Å². The van der Waals surface area contributed by atoms with Crippen LogP contribution in [0.15, 0.2) is 158 Å². The molecule has 0 heteroatoms. The fourth-order valence-electron chi connectivity index (χ4n) is 8.60. The Labute approximate surface area is 274 Å². The summed E-state index contributed by atoms with van der Waals surface area (Å²) in [5.74, 6) is 0. The van der Waals surface area contributed by atoms with E-state index in [0.717, 1.165) is 0 Å². The third-order valence-electron chi connectivity index (χ3n) is 10.8. The first-order valence-electron chi connectivity index (χ1n) is 16.6. The summed E-state index contributed by atoms with van der Waals surface area (Å²) >= 11 is 0. The Morgan fingerprint density at radius 3 is 1.62 bits per heavy atom. The summed E-state index contributed by atoms with van der Waals surface area (Å²) in [7, 11) is 0. The van der Waals surface area contributed by atoms with E-state index in [1.807, 2.05) is 0 Å². The number of hydrogen-bond acceptors (Lipinski definition) is 0. The number of benzene rings is 9. The molecule has 1 aliphatic carbocycles. The zero-order valence-corrected chi connectivity index (χ0v) is 26.5. The van der Waals surface area contributed by atoms with E-state index in [2.05, 4.69) is 172 Å². The summed E-state index contributed by atoms with van der Waals surface area (Å²) in [4.78, 5) is 0. The van der Waals surface area contributed by atoms with Gasteiger partial charge in [-0.1, -0.05) is 153 Å². The van der Waals surface area contributed by atoms with Gasteiger partial charge in [0.25, 0.3) is 0 Å². The molecule has 0 unspecified atom stereocenters. The van der Waals surface area contributed by atoms with Crippen molar-refractivity contribution in [3.05, 3.63) is 169 Å². The summed E-state index contributed by atoms with van der Waals surface area (Å²) in [6, 6.07) is 58.8. The first-order valence-corrected chi connectivity index (χ1v) is 16.6. The summed E-state index contributed by atoms with van der Waals surface area (Å²) in [5, 5.41) is 13.2. The molecule has 0 heterocycles. The Hall–Kier alpha value is -5.72. The van der Waals surface area contributed by atoms with E-state index in [4.69, 9.17) is 0 Å². The SMILES string of the molecule is CC1(C)c2cccc3cc(-c4c5ccccc5c(-c5cccc(-c6ccc7ccccc7c6)c5)c5ccccc45)c4cccc1c4c23. The number of hydrogen-bond donors (Lipinski definition) is 0. The van der Waals surface area contributed by atoms with Gasteiger partial charge in [-0.05, 0) is 117 Å². The van der Waals surface area contributed by atoms with Gasteiger partial charge >= 0.3 is 0 Å². The molecule has 0 atom stereocenters. The van der Waals surface area contributed by atoms with Crippen molar-refractivity contribution in [2.24, 2.45) is 0 Å². The highest BCUT2D eigenvalue weighted by atomic mass is 14.4. The van der Waals surface area contributed by atoms with Crippen molar-refractivity contribution in [1.29, 1.82) is 0 Å². The maximum atomic E-state index is 2.46. The lowest BCUT2D eigenvalue weighted by Crippen LogP contribution is -2.14. The van der Waals surface area contributed by atoms with Crippen LogP contribution in [0.3, 0.4) is 0 Å². The maximum Gasteiger partial charge on any atom is 0.0159 e. The van der Waals surface area contributed by atoms with Crippen molar-refractivity contribution in [3.63, 3.8) is 0 Å². The first kappa shape index (κ1) is 26.5. The molecule has 0 bridgehead atoms. The third-order valence-corrected chi connectivity index (χ3v) is 10.8. The van der Waals surface area contributed by atoms with Gasteiger partial charge in [-0.3, -0.25) is 0 Å². The predicted molar refractivity (Wildman–Crippen MR) is 202 cm³/mol. The lowest BCUT2D eigenvalue weighted by molar-refractivity contribution is 0.663. The van der Waals surface area contributed by atoms with Gasteiger partial charge in [0.15, 0.2) is 0 Å². The highest BCUT2D eigenvalue weighted by molar-refractivity contribution is 6.27. The summed E-state index contributed by atoms with van der Waals surface area (Å²) in [5.41, 5.74) is 10.5. The van der Waals surface area contributed by atoms with Crippen molar-refractivity contribution < 1.29 is 0 Å². The molecule has 1 aliphatic rings. The zero-order chi connectivity index (χ0) is 31.3. The van der Waals surface area contributed by atoms with Crippen LogP contribution in [0.5, 0.6) is 0 Å². The van der Waals surface area contributed by atoms with E-state index >= 15 is 0 Å². The first-order chi connectivity index (χ1) is 23.1. The molecule has 0 fully saturated rings. The number of fused-ring (bicyclic) bond motifs is 3. The molecule has 0 amide bonds. The summed E-state index contributed by atoms with van der Waals surface area (Å²) in [6.45, 7) is 4.75. The average molecular weight is 597 g/mol. The van der Waals surface area contributed by atoms with Crippen LogP contribution in [0.1, 0.15) is 25.0 Å². The maximum absolute atomic E-state index is 2.46. The second kappa shape index (κ2) is 9.64. The molecule has 220 valence electrons. The summed E-state index contributed by atoms with van der Waals surface area (Å²) in [6.07, 6.45) is 0. The Morgan fingerprint density at radius 2 is 0.872 bits per heavy atom. The molecule has 0 saturated heterocycles. The highest BCUT2D eigenvalue weighted by Crippen LogP contribution is 2.53. The van der Waals surface area contributed by atoms with Crippen LogP contribution < -0.4 is 0 Å². The topological polar surface area (TPSA) is 0 Å².